The van der Waals surface area contributed by atoms with E-state index in [9.17, 15) is 9.59 Å². The lowest BCUT2D eigenvalue weighted by molar-refractivity contribution is -0.115. The van der Waals surface area contributed by atoms with E-state index in [4.69, 9.17) is 0 Å². The fraction of sp³-hybridized carbons (Fsp3) is 0.259. The molecule has 34 heavy (non-hydrogen) atoms. The summed E-state index contributed by atoms with van der Waals surface area (Å²) in [7, 11) is 0. The summed E-state index contributed by atoms with van der Waals surface area (Å²) in [5.41, 5.74) is 2.49. The Labute approximate surface area is 203 Å². The molecule has 174 valence electrons. The number of rotatable bonds is 9. The van der Waals surface area contributed by atoms with Crippen LogP contribution in [0.3, 0.4) is 0 Å². The lowest BCUT2D eigenvalue weighted by Gasteiger charge is -2.15. The normalized spacial score (nSPS) is 12.0. The number of ketones is 1. The summed E-state index contributed by atoms with van der Waals surface area (Å²) in [6, 6.07) is 21.6. The predicted molar refractivity (Wildman–Crippen MR) is 137 cm³/mol. The molecule has 0 radical (unpaired) electrons. The van der Waals surface area contributed by atoms with Gasteiger partial charge >= 0.3 is 0 Å². The van der Waals surface area contributed by atoms with Crippen molar-refractivity contribution in [2.75, 3.05) is 5.32 Å². The predicted octanol–water partition coefficient (Wildman–Crippen LogP) is 5.75. The topological polar surface area (TPSA) is 76.9 Å². The molecule has 1 aromatic heterocycles. The summed E-state index contributed by atoms with van der Waals surface area (Å²) in [6.45, 7) is 6.30. The van der Waals surface area contributed by atoms with Gasteiger partial charge in [-0.15, -0.1) is 10.2 Å². The number of carbonyl (C=O) groups excluding carboxylic acids is 2. The number of hydrogen-bond donors (Lipinski definition) is 1. The summed E-state index contributed by atoms with van der Waals surface area (Å²) in [5, 5.41) is 14.7. The molecule has 6 nitrogen and oxygen atoms in total. The van der Waals surface area contributed by atoms with Crippen molar-refractivity contribution >= 4 is 39.9 Å². The van der Waals surface area contributed by atoms with Crippen molar-refractivity contribution < 1.29 is 9.59 Å². The van der Waals surface area contributed by atoms with Crippen LogP contribution in [-0.4, -0.2) is 31.7 Å². The summed E-state index contributed by atoms with van der Waals surface area (Å²) in [4.78, 5) is 24.4. The van der Waals surface area contributed by atoms with Crippen molar-refractivity contribution in [1.29, 1.82) is 0 Å². The molecule has 1 atom stereocenters. The smallest absolute Gasteiger partial charge is 0.237 e. The Morgan fingerprint density at radius 3 is 2.41 bits per heavy atom. The number of carbonyl (C=O) groups is 2. The van der Waals surface area contributed by atoms with Gasteiger partial charge in [0.25, 0.3) is 0 Å². The summed E-state index contributed by atoms with van der Waals surface area (Å²) >= 11 is 1.43. The zero-order valence-corrected chi connectivity index (χ0v) is 20.4. The van der Waals surface area contributed by atoms with Crippen LogP contribution in [-0.2, 0) is 17.8 Å². The van der Waals surface area contributed by atoms with Crippen LogP contribution in [0.2, 0.25) is 0 Å². The molecule has 0 aliphatic carbocycles. The van der Waals surface area contributed by atoms with Gasteiger partial charge in [0, 0.05) is 24.2 Å². The maximum atomic E-state index is 13.0. The molecule has 4 rings (SSSR count). The van der Waals surface area contributed by atoms with E-state index in [1.165, 1.54) is 35.0 Å². The van der Waals surface area contributed by atoms with Crippen molar-refractivity contribution in [2.24, 2.45) is 0 Å². The molecule has 1 heterocycles. The Balaban J connectivity index is 1.50. The summed E-state index contributed by atoms with van der Waals surface area (Å²) in [6.07, 6.45) is 1.32. The number of aromatic nitrogens is 3. The highest BCUT2D eigenvalue weighted by Gasteiger charge is 2.22. The van der Waals surface area contributed by atoms with Crippen molar-refractivity contribution in [3.63, 3.8) is 0 Å². The molecule has 0 bridgehead atoms. The number of fused-ring (bicyclic) bond motifs is 1. The van der Waals surface area contributed by atoms with E-state index in [1.807, 2.05) is 13.0 Å². The molecular weight excluding hydrogens is 444 g/mol. The standard InChI is InChI=1S/C27H28N4O2S/c1-4-24(26(33)28-22-15-13-19(14-16-22)18(3)32)34-27-30-29-25(31(27)5-2)17-21-11-8-10-20-9-6-7-12-23(20)21/h6-16,24H,4-5,17H2,1-3H3,(H,28,33)/t24-/m0/s1. The molecule has 0 saturated carbocycles. The minimum Gasteiger partial charge on any atom is -0.325 e. The van der Waals surface area contributed by atoms with Gasteiger partial charge in [0.05, 0.1) is 5.25 Å². The lowest BCUT2D eigenvalue weighted by Crippen LogP contribution is -2.25. The second kappa shape index (κ2) is 10.7. The van der Waals surface area contributed by atoms with Gasteiger partial charge in [-0.05, 0) is 60.9 Å². The Kier molecular flexibility index (Phi) is 7.43. The average Bonchev–Trinajstić information content (AvgIpc) is 3.23. The third kappa shape index (κ3) is 5.20. The molecule has 0 saturated heterocycles. The fourth-order valence-electron chi connectivity index (χ4n) is 3.93. The zero-order chi connectivity index (χ0) is 24.1. The summed E-state index contributed by atoms with van der Waals surface area (Å²) in [5.74, 6) is 0.791. The van der Waals surface area contributed by atoms with Gasteiger partial charge in [-0.3, -0.25) is 9.59 Å². The summed E-state index contributed by atoms with van der Waals surface area (Å²) < 4.78 is 2.09. The minimum atomic E-state index is -0.313. The van der Waals surface area contributed by atoms with Crippen molar-refractivity contribution in [2.45, 2.75) is 50.6 Å². The maximum Gasteiger partial charge on any atom is 0.237 e. The van der Waals surface area contributed by atoms with Crippen LogP contribution in [0.25, 0.3) is 10.8 Å². The number of anilines is 1. The molecule has 0 aliphatic heterocycles. The molecule has 4 aromatic rings. The van der Waals surface area contributed by atoms with E-state index in [0.717, 1.165) is 17.5 Å². The first-order chi connectivity index (χ1) is 16.5. The first kappa shape index (κ1) is 23.7. The fourth-order valence-corrected chi connectivity index (χ4v) is 4.97. The number of nitrogens with one attached hydrogen (secondary N) is 1. The first-order valence-corrected chi connectivity index (χ1v) is 12.3. The first-order valence-electron chi connectivity index (χ1n) is 11.5. The van der Waals surface area contributed by atoms with Crippen molar-refractivity contribution in [3.05, 3.63) is 83.7 Å². The van der Waals surface area contributed by atoms with Crippen LogP contribution in [0.15, 0.2) is 71.9 Å². The van der Waals surface area contributed by atoms with Crippen LogP contribution >= 0.6 is 11.8 Å². The van der Waals surface area contributed by atoms with Gasteiger partial charge in [0.15, 0.2) is 10.9 Å². The Morgan fingerprint density at radius 1 is 0.971 bits per heavy atom. The molecule has 1 N–H and O–H groups in total. The van der Waals surface area contributed by atoms with E-state index in [1.54, 1.807) is 24.3 Å². The van der Waals surface area contributed by atoms with E-state index in [-0.39, 0.29) is 16.9 Å². The Bertz CT molecular complexity index is 1310. The number of benzene rings is 3. The van der Waals surface area contributed by atoms with Gasteiger partial charge in [-0.25, -0.2) is 0 Å². The van der Waals surface area contributed by atoms with Gasteiger partial charge in [0.2, 0.25) is 5.91 Å². The molecular formula is C27H28N4O2S. The molecule has 0 spiro atoms. The molecule has 3 aromatic carbocycles. The molecule has 1 amide bonds. The Hall–Kier alpha value is -3.45. The molecule has 0 unspecified atom stereocenters. The molecule has 7 heteroatoms. The highest BCUT2D eigenvalue weighted by molar-refractivity contribution is 8.00. The SMILES string of the molecule is CC[C@H](Sc1nnc(Cc2cccc3ccccc23)n1CC)C(=O)Nc1ccc(C(C)=O)cc1. The average molecular weight is 473 g/mol. The number of hydrogen-bond acceptors (Lipinski definition) is 5. The highest BCUT2D eigenvalue weighted by atomic mass is 32.2. The van der Waals surface area contributed by atoms with Crippen molar-refractivity contribution in [3.8, 4) is 0 Å². The van der Waals surface area contributed by atoms with E-state index < -0.39 is 0 Å². The van der Waals surface area contributed by atoms with Gasteiger partial charge in [-0.1, -0.05) is 61.2 Å². The number of Topliss-reactive ketones (excluding diaryl/α,β-unsaturated/α-hetero) is 1. The Morgan fingerprint density at radius 2 is 1.71 bits per heavy atom. The van der Waals surface area contributed by atoms with Crippen LogP contribution in [0.1, 0.15) is 48.9 Å². The number of thioether (sulfide) groups is 1. The van der Waals surface area contributed by atoms with E-state index >= 15 is 0 Å². The largest absolute Gasteiger partial charge is 0.325 e. The monoisotopic (exact) mass is 472 g/mol. The van der Waals surface area contributed by atoms with E-state index in [0.29, 0.717) is 24.1 Å². The van der Waals surface area contributed by atoms with Gasteiger partial charge in [-0.2, -0.15) is 0 Å². The lowest BCUT2D eigenvalue weighted by atomic mass is 10.0. The third-order valence-corrected chi connectivity index (χ3v) is 7.15. The highest BCUT2D eigenvalue weighted by Crippen LogP contribution is 2.28. The number of nitrogens with zero attached hydrogens (tertiary/aromatic N) is 3. The van der Waals surface area contributed by atoms with Gasteiger partial charge < -0.3 is 9.88 Å². The molecule has 0 fully saturated rings. The van der Waals surface area contributed by atoms with E-state index in [2.05, 4.69) is 63.4 Å². The van der Waals surface area contributed by atoms with Crippen molar-refractivity contribution in [1.82, 2.24) is 14.8 Å². The van der Waals surface area contributed by atoms with Crippen LogP contribution in [0.5, 0.6) is 0 Å². The second-order valence-corrected chi connectivity index (χ2v) is 9.27. The minimum absolute atomic E-state index is 0.00178. The van der Waals surface area contributed by atoms with Crippen LogP contribution in [0.4, 0.5) is 5.69 Å². The van der Waals surface area contributed by atoms with Crippen LogP contribution < -0.4 is 5.32 Å². The quantitative estimate of drug-likeness (QED) is 0.248. The third-order valence-electron chi connectivity index (χ3n) is 5.81. The maximum absolute atomic E-state index is 13.0. The molecule has 0 aliphatic rings. The zero-order valence-electron chi connectivity index (χ0n) is 19.6. The van der Waals surface area contributed by atoms with Crippen LogP contribution in [0, 0.1) is 0 Å². The second-order valence-electron chi connectivity index (χ2n) is 8.10. The number of amides is 1. The van der Waals surface area contributed by atoms with Gasteiger partial charge in [0.1, 0.15) is 5.82 Å².